The zero-order chi connectivity index (χ0) is 25.1. The molecule has 0 saturated heterocycles. The number of aryl methyl sites for hydroxylation is 2. The fourth-order valence-electron chi connectivity index (χ4n) is 3.93. The predicted octanol–water partition coefficient (Wildman–Crippen LogP) is 6.89. The molecule has 1 aliphatic rings. The summed E-state index contributed by atoms with van der Waals surface area (Å²) < 4.78 is 67.7. The van der Waals surface area contributed by atoms with Gasteiger partial charge < -0.3 is 5.32 Å². The smallest absolute Gasteiger partial charge is 0.321 e. The van der Waals surface area contributed by atoms with Gasteiger partial charge in [-0.25, -0.2) is 8.42 Å². The fourth-order valence-corrected chi connectivity index (χ4v) is 7.50. The summed E-state index contributed by atoms with van der Waals surface area (Å²) in [6, 6.07) is 7.94. The molecule has 2 aromatic heterocycles. The lowest BCUT2D eigenvalue weighted by Crippen LogP contribution is -2.13. The second-order valence-electron chi connectivity index (χ2n) is 8.07. The molecule has 3 heterocycles. The first-order valence-corrected chi connectivity index (χ1v) is 13.5. The van der Waals surface area contributed by atoms with Crippen molar-refractivity contribution < 1.29 is 26.4 Å². The number of carbonyl (C=O) groups excluding carboxylic acids is 1. The Morgan fingerprint density at radius 1 is 1.06 bits per heavy atom. The number of hydrogen-bond acceptors (Lipinski definition) is 5. The van der Waals surface area contributed by atoms with E-state index in [1.165, 1.54) is 29.1 Å². The minimum Gasteiger partial charge on any atom is -0.321 e. The van der Waals surface area contributed by atoms with Gasteiger partial charge in [-0.1, -0.05) is 0 Å². The van der Waals surface area contributed by atoms with Crippen LogP contribution in [0.3, 0.4) is 0 Å². The highest BCUT2D eigenvalue weighted by atomic mass is 32.2. The number of carbonyl (C=O) groups is 1. The number of nitrogens with one attached hydrogen (secondary N) is 2. The fraction of sp³-hybridized carbons (Fsp3) is 0.125. The van der Waals surface area contributed by atoms with E-state index in [9.17, 15) is 26.4 Å². The number of anilines is 2. The summed E-state index contributed by atoms with van der Waals surface area (Å²) in [6.45, 7) is 4.03. The summed E-state index contributed by atoms with van der Waals surface area (Å²) >= 11 is 3.21. The monoisotopic (exact) mass is 534 g/mol. The van der Waals surface area contributed by atoms with Gasteiger partial charge in [0.05, 0.1) is 20.0 Å². The van der Waals surface area contributed by atoms with Gasteiger partial charge in [0, 0.05) is 27.2 Å². The van der Waals surface area contributed by atoms with Gasteiger partial charge in [0.2, 0.25) is 0 Å². The number of rotatable bonds is 4. The van der Waals surface area contributed by atoms with Crippen LogP contribution in [0.15, 0.2) is 52.7 Å². The molecule has 2 aromatic carbocycles. The third-order valence-corrected chi connectivity index (χ3v) is 9.55. The van der Waals surface area contributed by atoms with Crippen molar-refractivity contribution >= 4 is 71.0 Å². The first-order valence-electron chi connectivity index (χ1n) is 10.3. The molecule has 11 heteroatoms. The Labute approximate surface area is 207 Å². The minimum atomic E-state index is -4.52. The molecule has 0 radical (unpaired) electrons. The van der Waals surface area contributed by atoms with Gasteiger partial charge in [0.25, 0.3) is 15.9 Å². The van der Waals surface area contributed by atoms with Crippen LogP contribution in [0.1, 0.15) is 27.1 Å². The molecule has 0 spiro atoms. The van der Waals surface area contributed by atoms with Crippen LogP contribution >= 0.6 is 22.7 Å². The van der Waals surface area contributed by atoms with Crippen LogP contribution in [0, 0.1) is 13.8 Å². The number of hydrogen-bond donors (Lipinski definition) is 2. The molecule has 35 heavy (non-hydrogen) atoms. The maximum atomic E-state index is 12.9. The van der Waals surface area contributed by atoms with Crippen molar-refractivity contribution in [3.05, 3.63) is 75.0 Å². The number of fused-ring (bicyclic) bond motifs is 2. The lowest BCUT2D eigenvalue weighted by atomic mass is 10.0. The molecule has 4 aromatic rings. The highest BCUT2D eigenvalue weighted by Crippen LogP contribution is 2.41. The normalized spacial score (nSPS) is 15.0. The first-order chi connectivity index (χ1) is 16.4. The summed E-state index contributed by atoms with van der Waals surface area (Å²) in [5.74, 6) is -0.335. The van der Waals surface area contributed by atoms with E-state index in [1.807, 2.05) is 13.8 Å². The van der Waals surface area contributed by atoms with Crippen LogP contribution in [0.2, 0.25) is 0 Å². The molecule has 0 atom stereocenters. The number of alkyl halides is 3. The summed E-state index contributed by atoms with van der Waals surface area (Å²) in [4.78, 5) is 13.5. The Morgan fingerprint density at radius 3 is 2.43 bits per heavy atom. The van der Waals surface area contributed by atoms with Crippen molar-refractivity contribution in [2.24, 2.45) is 0 Å². The van der Waals surface area contributed by atoms with Gasteiger partial charge in [-0.05, 0) is 78.9 Å². The molecule has 5 nitrogen and oxygen atoms in total. The minimum absolute atomic E-state index is 0.00637. The molecule has 0 saturated carbocycles. The number of benzene rings is 2. The van der Waals surface area contributed by atoms with E-state index in [0.29, 0.717) is 16.8 Å². The number of halogens is 3. The maximum absolute atomic E-state index is 12.9. The van der Waals surface area contributed by atoms with Crippen molar-refractivity contribution in [3.63, 3.8) is 0 Å². The number of amides is 1. The Bertz CT molecular complexity index is 1630. The van der Waals surface area contributed by atoms with E-state index in [2.05, 4.69) is 15.4 Å². The third kappa shape index (κ3) is 4.24. The Balaban J connectivity index is 1.49. The van der Waals surface area contributed by atoms with Gasteiger partial charge in [-0.2, -0.15) is 13.2 Å². The van der Waals surface area contributed by atoms with E-state index in [0.717, 1.165) is 38.7 Å². The van der Waals surface area contributed by atoms with Crippen molar-refractivity contribution in [1.82, 2.24) is 0 Å². The largest absolute Gasteiger partial charge is 0.416 e. The zero-order valence-corrected chi connectivity index (χ0v) is 20.7. The molecule has 5 rings (SSSR count). The summed E-state index contributed by atoms with van der Waals surface area (Å²) in [5, 5.41) is 6.01. The Hall–Kier alpha value is -3.15. The van der Waals surface area contributed by atoms with Crippen molar-refractivity contribution in [3.8, 4) is 0 Å². The molecule has 1 amide bonds. The highest BCUT2D eigenvalue weighted by Gasteiger charge is 2.30. The molecule has 0 fully saturated rings. The predicted molar refractivity (Wildman–Crippen MR) is 134 cm³/mol. The summed E-state index contributed by atoms with van der Waals surface area (Å²) in [7, 11) is -4.12. The second-order valence-corrected chi connectivity index (χ2v) is 11.9. The van der Waals surface area contributed by atoms with Gasteiger partial charge >= 0.3 is 6.18 Å². The molecular weight excluding hydrogens is 517 g/mol. The van der Waals surface area contributed by atoms with Crippen LogP contribution in [-0.2, 0) is 21.0 Å². The van der Waals surface area contributed by atoms with E-state index in [4.69, 9.17) is 0 Å². The standard InChI is InChI=1S/C24H17F3N2O3S3/c1-12-11-33-23-21(12)13(2)20(34-23)10-18-17-9-16(7-8-19(17)28-22(18)30)35(31,32)29-15-5-3-14(4-6-15)24(25,26)27/h3-11,29H,1-2H3,(H,28,30). The maximum Gasteiger partial charge on any atom is 0.416 e. The average Bonchev–Trinajstić information content (AvgIpc) is 3.41. The number of thiophene rings is 2. The highest BCUT2D eigenvalue weighted by molar-refractivity contribution is 7.92. The van der Waals surface area contributed by atoms with Gasteiger partial charge in [-0.3, -0.25) is 9.52 Å². The van der Waals surface area contributed by atoms with Crippen molar-refractivity contribution in [1.29, 1.82) is 0 Å². The lowest BCUT2D eigenvalue weighted by molar-refractivity contribution is -0.137. The topological polar surface area (TPSA) is 75.3 Å². The van der Waals surface area contributed by atoms with Crippen LogP contribution in [0.25, 0.3) is 21.0 Å². The molecule has 180 valence electrons. The van der Waals surface area contributed by atoms with E-state index in [1.54, 1.807) is 28.7 Å². The molecule has 0 aliphatic carbocycles. The molecular formula is C24H17F3N2O3S3. The van der Waals surface area contributed by atoms with Crippen LogP contribution in [0.4, 0.5) is 24.5 Å². The van der Waals surface area contributed by atoms with Gasteiger partial charge in [-0.15, -0.1) is 22.7 Å². The SMILES string of the molecule is Cc1csc2sc(C=C3C(=O)Nc4ccc(S(=O)(=O)Nc5ccc(C(F)(F)F)cc5)cc43)c(C)c12. The van der Waals surface area contributed by atoms with Crippen LogP contribution in [-0.4, -0.2) is 14.3 Å². The molecule has 0 unspecified atom stereocenters. The second kappa shape index (κ2) is 8.21. The Morgan fingerprint density at radius 2 is 1.77 bits per heavy atom. The van der Waals surface area contributed by atoms with Gasteiger partial charge in [0.15, 0.2) is 0 Å². The van der Waals surface area contributed by atoms with Crippen LogP contribution < -0.4 is 10.0 Å². The molecule has 2 N–H and O–H groups in total. The quantitative estimate of drug-likeness (QED) is 0.280. The number of sulfonamides is 1. The Kier molecular flexibility index (Phi) is 5.53. The van der Waals surface area contributed by atoms with Crippen LogP contribution in [0.5, 0.6) is 0 Å². The van der Waals surface area contributed by atoms with Gasteiger partial charge in [0.1, 0.15) is 0 Å². The average molecular weight is 535 g/mol. The van der Waals surface area contributed by atoms with E-state index >= 15 is 0 Å². The first kappa shape index (κ1) is 23.6. The van der Waals surface area contributed by atoms with Crippen molar-refractivity contribution in [2.75, 3.05) is 10.0 Å². The third-order valence-electron chi connectivity index (χ3n) is 5.71. The zero-order valence-electron chi connectivity index (χ0n) is 18.3. The summed E-state index contributed by atoms with van der Waals surface area (Å²) in [5.41, 5.74) is 2.62. The van der Waals surface area contributed by atoms with E-state index < -0.39 is 21.8 Å². The molecule has 0 bridgehead atoms. The molecule has 1 aliphatic heterocycles. The van der Waals surface area contributed by atoms with E-state index in [-0.39, 0.29) is 16.5 Å². The van der Waals surface area contributed by atoms with Crippen molar-refractivity contribution in [2.45, 2.75) is 24.9 Å². The summed E-state index contributed by atoms with van der Waals surface area (Å²) in [6.07, 6.45) is -2.75. The lowest BCUT2D eigenvalue weighted by Gasteiger charge is -2.11.